The van der Waals surface area contributed by atoms with Crippen molar-refractivity contribution in [3.63, 3.8) is 0 Å². The second-order valence-corrected chi connectivity index (χ2v) is 18.5. The van der Waals surface area contributed by atoms with E-state index in [0.717, 1.165) is 74.9 Å². The van der Waals surface area contributed by atoms with Gasteiger partial charge in [0.15, 0.2) is 0 Å². The molecule has 4 aliphatic heterocycles. The fourth-order valence-corrected chi connectivity index (χ4v) is 11.6. The molecule has 16 heteroatoms. The summed E-state index contributed by atoms with van der Waals surface area (Å²) in [6, 6.07) is 28.6. The first-order valence-electron chi connectivity index (χ1n) is 24.2. The van der Waals surface area contributed by atoms with Crippen molar-refractivity contribution in [1.29, 1.82) is 0 Å². The molecule has 12 N–H and O–H groups in total. The van der Waals surface area contributed by atoms with E-state index in [9.17, 15) is 0 Å². The fourth-order valence-electron chi connectivity index (χ4n) is 11.6. The lowest BCUT2D eigenvalue weighted by atomic mass is 9.78. The van der Waals surface area contributed by atoms with Crippen LogP contribution in [0.5, 0.6) is 23.0 Å². The van der Waals surface area contributed by atoms with Gasteiger partial charge in [-0.2, -0.15) is 0 Å². The van der Waals surface area contributed by atoms with Gasteiger partial charge in [0.05, 0.1) is 28.4 Å². The lowest BCUT2D eigenvalue weighted by Gasteiger charge is -2.35. The summed E-state index contributed by atoms with van der Waals surface area (Å²) in [4.78, 5) is 0. The van der Waals surface area contributed by atoms with Gasteiger partial charge in [0.2, 0.25) is 0 Å². The Morgan fingerprint density at radius 2 is 0.657 bits per heavy atom. The van der Waals surface area contributed by atoms with Gasteiger partial charge in [0.25, 0.3) is 0 Å². The fraction of sp³-hybridized carbons (Fsp3) is 0.556. The summed E-state index contributed by atoms with van der Waals surface area (Å²) in [5, 5.41) is 15.7. The van der Waals surface area contributed by atoms with E-state index >= 15 is 0 Å². The molecule has 6 atom stereocenters. The molecule has 0 fully saturated rings. The van der Waals surface area contributed by atoms with Crippen LogP contribution >= 0.6 is 49.6 Å². The Morgan fingerprint density at radius 1 is 0.386 bits per heavy atom. The maximum Gasteiger partial charge on any atom is 0.119 e. The van der Waals surface area contributed by atoms with Gasteiger partial charge in [0.1, 0.15) is 23.0 Å². The molecule has 0 bridgehead atoms. The first-order valence-corrected chi connectivity index (χ1v) is 24.2. The molecular formula is C54H86Cl4N4O8. The van der Waals surface area contributed by atoms with E-state index in [1.54, 1.807) is 28.4 Å². The molecule has 8 rings (SSSR count). The van der Waals surface area contributed by atoms with Gasteiger partial charge < -0.3 is 62.1 Å². The van der Waals surface area contributed by atoms with E-state index in [0.29, 0.717) is 36.0 Å². The van der Waals surface area contributed by atoms with Crippen LogP contribution in [0.1, 0.15) is 146 Å². The van der Waals surface area contributed by atoms with E-state index in [-0.39, 0.29) is 71.5 Å². The first kappa shape index (κ1) is 66.9. The summed E-state index contributed by atoms with van der Waals surface area (Å²) in [5.41, 5.74) is 11.7. The smallest absolute Gasteiger partial charge is 0.119 e. The molecule has 0 saturated heterocycles. The lowest BCUT2D eigenvalue weighted by molar-refractivity contribution is 0.268. The molecule has 4 heterocycles. The largest absolute Gasteiger partial charge is 0.497 e. The zero-order valence-corrected chi connectivity index (χ0v) is 45.1. The maximum atomic E-state index is 5.67. The predicted octanol–water partition coefficient (Wildman–Crippen LogP) is 8.87. The van der Waals surface area contributed by atoms with Crippen LogP contribution in [0.2, 0.25) is 0 Å². The molecule has 4 aromatic carbocycles. The van der Waals surface area contributed by atoms with Gasteiger partial charge in [0, 0.05) is 24.2 Å². The molecular weight excluding hydrogens is 974 g/mol. The summed E-state index contributed by atoms with van der Waals surface area (Å²) in [7, 11) is 7.11. The third kappa shape index (κ3) is 16.7. The second-order valence-electron chi connectivity index (χ2n) is 18.5. The van der Waals surface area contributed by atoms with E-state index in [1.807, 2.05) is 0 Å². The predicted molar refractivity (Wildman–Crippen MR) is 296 cm³/mol. The highest BCUT2D eigenvalue weighted by atomic mass is 35.5. The van der Waals surface area contributed by atoms with E-state index in [1.165, 1.54) is 122 Å². The number of hydrogen-bond acceptors (Lipinski definition) is 8. The molecule has 6 unspecified atom stereocenters. The monoisotopic (exact) mass is 1060 g/mol. The Hall–Kier alpha value is -3.08. The van der Waals surface area contributed by atoms with Crippen molar-refractivity contribution in [2.75, 3.05) is 54.6 Å². The van der Waals surface area contributed by atoms with Crippen molar-refractivity contribution in [2.45, 2.75) is 127 Å². The minimum absolute atomic E-state index is 0. The van der Waals surface area contributed by atoms with Crippen LogP contribution in [0.4, 0.5) is 0 Å². The highest BCUT2D eigenvalue weighted by Gasteiger charge is 2.31. The van der Waals surface area contributed by atoms with Gasteiger partial charge in [-0.15, -0.1) is 49.6 Å². The normalized spacial score (nSPS) is 19.0. The van der Waals surface area contributed by atoms with E-state index in [4.69, 9.17) is 18.9 Å². The Bertz CT molecular complexity index is 1940. The van der Waals surface area contributed by atoms with Gasteiger partial charge in [-0.05, 0) is 195 Å². The van der Waals surface area contributed by atoms with Crippen LogP contribution < -0.4 is 40.2 Å². The van der Waals surface area contributed by atoms with Gasteiger partial charge in [-0.1, -0.05) is 62.8 Å². The van der Waals surface area contributed by atoms with Crippen LogP contribution in [0.3, 0.4) is 0 Å². The Morgan fingerprint density at radius 3 is 0.971 bits per heavy atom. The van der Waals surface area contributed by atoms with Crippen molar-refractivity contribution >= 4 is 49.6 Å². The number of nitrogens with one attached hydrogen (secondary N) is 4. The van der Waals surface area contributed by atoms with Gasteiger partial charge in [-0.25, -0.2) is 0 Å². The molecule has 0 spiro atoms. The molecule has 0 aromatic heterocycles. The second kappa shape index (κ2) is 33.6. The number of ether oxygens (including phenoxy) is 4. The van der Waals surface area contributed by atoms with Crippen LogP contribution in [0.25, 0.3) is 0 Å². The van der Waals surface area contributed by atoms with E-state index in [2.05, 4.69) is 94.1 Å². The average molecular weight is 1060 g/mol. The number of methoxy groups -OCH3 is 4. The zero-order chi connectivity index (χ0) is 42.7. The Kier molecular flexibility index (Phi) is 32.1. The van der Waals surface area contributed by atoms with Gasteiger partial charge in [-0.3, -0.25) is 0 Å². The summed E-state index contributed by atoms with van der Waals surface area (Å²) in [6.45, 7) is 4.14. The highest BCUT2D eigenvalue weighted by molar-refractivity contribution is 5.86. The highest BCUT2D eigenvalue weighted by Crippen LogP contribution is 2.40. The van der Waals surface area contributed by atoms with Crippen molar-refractivity contribution in [1.82, 2.24) is 21.3 Å². The summed E-state index contributed by atoms with van der Waals surface area (Å²) >= 11 is 0. The number of hydrogen-bond donors (Lipinski definition) is 4. The standard InChI is InChI=1S/C54H74N4O4.4ClH.4H2O/c1-59-43-17-21-47-39(33-43)25-29-55-51(47)15-9-7-13-37(53-49-23-19-45(61-3)35-41(49)27-31-57-53)11-5-6-12-38(54-50-24-20-46(62-4)36-42(50)28-32-58-54)14-8-10-16-52-48-22-18-44(60-2)34-40(48)26-30-56-52;;;;;;;;/h17-24,33-38,51-58H,5-16,25-32H2,1-4H3;4*1H;4*1H2. The number of halogens is 4. The SMILES string of the molecule is COc1ccc2c(c1)CCNC2CCCCC(CCCCC(CCCCC1NCCc2cc(OC)ccc21)C1NCCc2cc(OC)ccc21)C1NCCc2cc(OC)ccc21.Cl.Cl.Cl.Cl.O.O.O.O. The number of rotatable bonds is 21. The number of unbranched alkanes of at least 4 members (excludes halogenated alkanes) is 3. The first-order chi connectivity index (χ1) is 30.5. The van der Waals surface area contributed by atoms with Crippen molar-refractivity contribution < 1.29 is 40.9 Å². The minimum atomic E-state index is 0. The molecule has 4 aliphatic rings. The Balaban J connectivity index is 0.00000595. The van der Waals surface area contributed by atoms with Crippen LogP contribution in [0, 0.1) is 11.8 Å². The molecule has 398 valence electrons. The molecule has 0 amide bonds. The summed E-state index contributed by atoms with van der Waals surface area (Å²) in [5.74, 6) is 5.09. The molecule has 70 heavy (non-hydrogen) atoms. The number of fused-ring (bicyclic) bond motifs is 4. The summed E-state index contributed by atoms with van der Waals surface area (Å²) < 4.78 is 22.5. The minimum Gasteiger partial charge on any atom is -0.497 e. The van der Waals surface area contributed by atoms with Crippen LogP contribution in [-0.4, -0.2) is 76.5 Å². The van der Waals surface area contributed by atoms with Crippen LogP contribution in [-0.2, 0) is 25.7 Å². The zero-order valence-electron chi connectivity index (χ0n) is 41.8. The Labute approximate surface area is 443 Å². The molecule has 0 radical (unpaired) electrons. The average Bonchev–Trinajstić information content (AvgIpc) is 3.32. The van der Waals surface area contributed by atoms with E-state index < -0.39 is 0 Å². The van der Waals surface area contributed by atoms with Crippen molar-refractivity contribution in [3.05, 3.63) is 117 Å². The molecule has 0 saturated carbocycles. The topological polar surface area (TPSA) is 211 Å². The van der Waals surface area contributed by atoms with Crippen molar-refractivity contribution in [3.8, 4) is 23.0 Å². The van der Waals surface area contributed by atoms with Gasteiger partial charge >= 0.3 is 0 Å². The third-order valence-corrected chi connectivity index (χ3v) is 14.9. The summed E-state index contributed by atoms with van der Waals surface area (Å²) in [6.07, 6.45) is 19.1. The van der Waals surface area contributed by atoms with Crippen molar-refractivity contribution in [2.24, 2.45) is 11.8 Å². The quantitative estimate of drug-likeness (QED) is 0.0591. The lowest BCUT2D eigenvalue weighted by Crippen LogP contribution is -2.35. The maximum absolute atomic E-state index is 5.67. The molecule has 4 aromatic rings. The third-order valence-electron chi connectivity index (χ3n) is 14.9. The number of benzene rings is 4. The molecule has 12 nitrogen and oxygen atoms in total. The van der Waals surface area contributed by atoms with Crippen LogP contribution in [0.15, 0.2) is 72.8 Å². The molecule has 0 aliphatic carbocycles.